The summed E-state index contributed by atoms with van der Waals surface area (Å²) in [5.41, 5.74) is 2.51. The zero-order chi connectivity index (χ0) is 20.9. The van der Waals surface area contributed by atoms with E-state index in [9.17, 15) is 9.59 Å². The number of amides is 2. The van der Waals surface area contributed by atoms with Gasteiger partial charge < -0.3 is 15.1 Å². The number of rotatable bonds is 6. The zero-order valence-corrected chi connectivity index (χ0v) is 16.6. The largest absolute Gasteiger partial charge is 0.449 e. The first-order valence-electron chi connectivity index (χ1n) is 9.91. The molecule has 30 heavy (non-hydrogen) atoms. The summed E-state index contributed by atoms with van der Waals surface area (Å²) in [6.07, 6.45) is 0.636. The van der Waals surface area contributed by atoms with Gasteiger partial charge in [0.25, 0.3) is 5.91 Å². The third-order valence-corrected chi connectivity index (χ3v) is 5.01. The van der Waals surface area contributed by atoms with Crippen LogP contribution in [0.25, 0.3) is 11.0 Å². The van der Waals surface area contributed by atoms with Crippen molar-refractivity contribution in [3.05, 3.63) is 96.3 Å². The maximum absolute atomic E-state index is 13.1. The Hall–Kier alpha value is -3.86. The number of fused-ring (bicyclic) bond motifs is 1. The van der Waals surface area contributed by atoms with E-state index in [0.29, 0.717) is 28.8 Å². The lowest BCUT2D eigenvalue weighted by atomic mass is 9.95. The molecule has 0 saturated heterocycles. The smallest absolute Gasteiger partial charge is 0.293 e. The van der Waals surface area contributed by atoms with Crippen LogP contribution >= 0.6 is 0 Å². The van der Waals surface area contributed by atoms with E-state index in [1.807, 2.05) is 73.7 Å². The predicted molar refractivity (Wildman–Crippen MR) is 119 cm³/mol. The summed E-state index contributed by atoms with van der Waals surface area (Å²) in [6, 6.07) is 26.0. The van der Waals surface area contributed by atoms with Crippen LogP contribution in [0.15, 0.2) is 89.3 Å². The topological polar surface area (TPSA) is 71.3 Å². The van der Waals surface area contributed by atoms with Crippen LogP contribution in [-0.2, 0) is 4.79 Å². The lowest BCUT2D eigenvalue weighted by molar-refractivity contribution is -0.117. The fourth-order valence-corrected chi connectivity index (χ4v) is 3.51. The molecule has 0 radical (unpaired) electrons. The molecule has 2 amide bonds. The van der Waals surface area contributed by atoms with Crippen LogP contribution in [0.5, 0.6) is 0 Å². The van der Waals surface area contributed by atoms with E-state index in [0.717, 1.165) is 5.56 Å². The van der Waals surface area contributed by atoms with Gasteiger partial charge in [-0.05, 0) is 36.2 Å². The number of hydrogen-bond acceptors (Lipinski definition) is 3. The van der Waals surface area contributed by atoms with Gasteiger partial charge in [0.05, 0.1) is 5.92 Å². The number of nitrogens with one attached hydrogen (secondary N) is 2. The normalized spacial score (nSPS) is 11.8. The van der Waals surface area contributed by atoms with Gasteiger partial charge in [-0.15, -0.1) is 0 Å². The summed E-state index contributed by atoms with van der Waals surface area (Å²) in [5, 5.41) is 6.47. The van der Waals surface area contributed by atoms with Crippen molar-refractivity contribution in [2.24, 2.45) is 0 Å². The highest BCUT2D eigenvalue weighted by molar-refractivity contribution is 6.15. The van der Waals surface area contributed by atoms with Gasteiger partial charge >= 0.3 is 0 Å². The van der Waals surface area contributed by atoms with Crippen molar-refractivity contribution in [3.8, 4) is 0 Å². The first-order valence-corrected chi connectivity index (χ1v) is 9.91. The van der Waals surface area contributed by atoms with Gasteiger partial charge in [-0.3, -0.25) is 9.59 Å². The molecule has 2 N–H and O–H groups in total. The molecular weight excluding hydrogens is 376 g/mol. The van der Waals surface area contributed by atoms with Crippen molar-refractivity contribution >= 4 is 34.2 Å². The van der Waals surface area contributed by atoms with Crippen LogP contribution in [0.3, 0.4) is 0 Å². The zero-order valence-electron chi connectivity index (χ0n) is 16.6. The van der Waals surface area contributed by atoms with E-state index in [2.05, 4.69) is 10.6 Å². The Kier molecular flexibility index (Phi) is 5.61. The summed E-state index contributed by atoms with van der Waals surface area (Å²) in [6.45, 7) is 1.97. The van der Waals surface area contributed by atoms with Crippen molar-refractivity contribution in [3.63, 3.8) is 0 Å². The molecule has 4 aromatic rings. The third kappa shape index (κ3) is 3.96. The number of carbonyl (C=O) groups is 2. The average Bonchev–Trinajstić information content (AvgIpc) is 3.14. The van der Waals surface area contributed by atoms with E-state index < -0.39 is 5.91 Å². The number of hydrogen-bond donors (Lipinski definition) is 2. The van der Waals surface area contributed by atoms with Crippen molar-refractivity contribution in [1.29, 1.82) is 0 Å². The van der Waals surface area contributed by atoms with Crippen molar-refractivity contribution in [2.75, 3.05) is 10.6 Å². The monoisotopic (exact) mass is 398 g/mol. The third-order valence-electron chi connectivity index (χ3n) is 5.01. The molecule has 150 valence electrons. The minimum absolute atomic E-state index is 0.0799. The molecule has 0 aliphatic heterocycles. The summed E-state index contributed by atoms with van der Waals surface area (Å²) in [5.74, 6) is -0.842. The van der Waals surface area contributed by atoms with Crippen LogP contribution in [-0.4, -0.2) is 11.8 Å². The Morgan fingerprint density at radius 3 is 2.17 bits per heavy atom. The first kappa shape index (κ1) is 19.5. The molecule has 0 fully saturated rings. The lowest BCUT2D eigenvalue weighted by Gasteiger charge is -2.15. The van der Waals surface area contributed by atoms with Crippen molar-refractivity contribution < 1.29 is 14.0 Å². The molecule has 0 saturated carbocycles. The Balaban J connectivity index is 1.68. The van der Waals surface area contributed by atoms with Crippen molar-refractivity contribution in [1.82, 2.24) is 0 Å². The van der Waals surface area contributed by atoms with Gasteiger partial charge in [0.15, 0.2) is 0 Å². The van der Waals surface area contributed by atoms with Crippen LogP contribution in [0, 0.1) is 0 Å². The molecule has 5 heteroatoms. The molecule has 3 aromatic carbocycles. The molecule has 5 nitrogen and oxygen atoms in total. The quantitative estimate of drug-likeness (QED) is 0.430. The van der Waals surface area contributed by atoms with Gasteiger partial charge in [0, 0.05) is 11.1 Å². The number of carbonyl (C=O) groups excluding carboxylic acids is 2. The lowest BCUT2D eigenvalue weighted by Crippen LogP contribution is -2.22. The van der Waals surface area contributed by atoms with E-state index >= 15 is 0 Å². The van der Waals surface area contributed by atoms with E-state index in [-0.39, 0.29) is 17.6 Å². The second kappa shape index (κ2) is 8.66. The van der Waals surface area contributed by atoms with E-state index in [1.165, 1.54) is 0 Å². The number of para-hydroxylation sites is 2. The van der Waals surface area contributed by atoms with Gasteiger partial charge in [0.2, 0.25) is 11.7 Å². The Morgan fingerprint density at radius 1 is 0.833 bits per heavy atom. The standard InChI is InChI=1S/C25H22N2O3/c1-2-19(17-11-5-3-6-12-17)24(28)27-22-20-15-9-10-16-21(20)30-23(22)25(29)26-18-13-7-4-8-14-18/h3-16,19H,2H2,1H3,(H,26,29)(H,27,28)/t19-/m1/s1. The minimum atomic E-state index is -0.416. The Bertz CT molecular complexity index is 1170. The van der Waals surface area contributed by atoms with Crippen LogP contribution in [0.4, 0.5) is 11.4 Å². The van der Waals surface area contributed by atoms with Crippen LogP contribution in [0.1, 0.15) is 35.4 Å². The summed E-state index contributed by atoms with van der Waals surface area (Å²) >= 11 is 0. The highest BCUT2D eigenvalue weighted by Gasteiger charge is 2.25. The van der Waals surface area contributed by atoms with Gasteiger partial charge in [-0.1, -0.05) is 67.6 Å². The predicted octanol–water partition coefficient (Wildman–Crippen LogP) is 5.82. The Morgan fingerprint density at radius 2 is 1.47 bits per heavy atom. The highest BCUT2D eigenvalue weighted by Crippen LogP contribution is 2.33. The molecule has 0 bridgehead atoms. The van der Waals surface area contributed by atoms with Gasteiger partial charge in [0.1, 0.15) is 11.3 Å². The Labute approximate surface area is 174 Å². The molecule has 1 heterocycles. The summed E-state index contributed by atoms with van der Waals surface area (Å²) in [4.78, 5) is 26.1. The second-order valence-electron chi connectivity index (χ2n) is 6.98. The van der Waals surface area contributed by atoms with Gasteiger partial charge in [-0.25, -0.2) is 0 Å². The van der Waals surface area contributed by atoms with E-state index in [4.69, 9.17) is 4.42 Å². The van der Waals surface area contributed by atoms with Crippen LogP contribution in [0.2, 0.25) is 0 Å². The second-order valence-corrected chi connectivity index (χ2v) is 6.98. The number of anilines is 2. The number of benzene rings is 3. The minimum Gasteiger partial charge on any atom is -0.449 e. The number of furan rings is 1. The molecule has 0 aliphatic carbocycles. The molecular formula is C25H22N2O3. The first-order chi connectivity index (χ1) is 14.7. The van der Waals surface area contributed by atoms with Gasteiger partial charge in [-0.2, -0.15) is 0 Å². The van der Waals surface area contributed by atoms with Crippen LogP contribution < -0.4 is 10.6 Å². The molecule has 1 aromatic heterocycles. The van der Waals surface area contributed by atoms with E-state index in [1.54, 1.807) is 18.2 Å². The fourth-order valence-electron chi connectivity index (χ4n) is 3.51. The summed E-state index contributed by atoms with van der Waals surface area (Å²) < 4.78 is 5.83. The molecule has 0 spiro atoms. The van der Waals surface area contributed by atoms with Crippen molar-refractivity contribution in [2.45, 2.75) is 19.3 Å². The SMILES string of the molecule is CC[C@@H](C(=O)Nc1c(C(=O)Nc2ccccc2)oc2ccccc12)c1ccccc1. The molecule has 0 aliphatic rings. The average molecular weight is 398 g/mol. The molecule has 4 rings (SSSR count). The maximum atomic E-state index is 13.1. The molecule has 0 unspecified atom stereocenters. The maximum Gasteiger partial charge on any atom is 0.293 e. The molecule has 1 atom stereocenters. The highest BCUT2D eigenvalue weighted by atomic mass is 16.3. The fraction of sp³-hybridized carbons (Fsp3) is 0.120. The summed E-state index contributed by atoms with van der Waals surface area (Å²) in [7, 11) is 0.